The molecule has 0 aliphatic rings. The van der Waals surface area contributed by atoms with Gasteiger partial charge in [0.1, 0.15) is 18.0 Å². The quantitative estimate of drug-likeness (QED) is 0.683. The van der Waals surface area contributed by atoms with Gasteiger partial charge in [-0.2, -0.15) is 0 Å². The first-order valence-electron chi connectivity index (χ1n) is 5.58. The van der Waals surface area contributed by atoms with Crippen molar-refractivity contribution >= 4 is 11.6 Å². The van der Waals surface area contributed by atoms with Gasteiger partial charge in [-0.3, -0.25) is 0 Å². The molecule has 0 radical (unpaired) electrons. The standard InChI is InChI=1S/C11H20N4O/c1-4-11(5-2,7-16)15-10-6-9(12-3)13-8-14-10/h6,8,16H,4-5,7H2,1-3H3,(H2,12,13,14,15). The summed E-state index contributed by atoms with van der Waals surface area (Å²) >= 11 is 0. The van der Waals surface area contributed by atoms with Crippen LogP contribution in [0.3, 0.4) is 0 Å². The molecule has 0 atom stereocenters. The van der Waals surface area contributed by atoms with E-state index in [1.807, 2.05) is 27.0 Å². The van der Waals surface area contributed by atoms with E-state index in [4.69, 9.17) is 0 Å². The fourth-order valence-corrected chi connectivity index (χ4v) is 1.52. The highest BCUT2D eigenvalue weighted by Gasteiger charge is 2.25. The number of hydrogen-bond acceptors (Lipinski definition) is 5. The Labute approximate surface area is 96.3 Å². The van der Waals surface area contributed by atoms with Gasteiger partial charge in [0.15, 0.2) is 0 Å². The number of aromatic nitrogens is 2. The first-order valence-corrected chi connectivity index (χ1v) is 5.58. The summed E-state index contributed by atoms with van der Waals surface area (Å²) in [6.45, 7) is 4.19. The molecule has 0 saturated heterocycles. The average Bonchev–Trinajstić information content (AvgIpc) is 2.36. The first-order chi connectivity index (χ1) is 7.69. The zero-order valence-electron chi connectivity index (χ0n) is 10.1. The smallest absolute Gasteiger partial charge is 0.131 e. The SMILES string of the molecule is CCC(CC)(CO)Nc1cc(NC)ncn1. The highest BCUT2D eigenvalue weighted by atomic mass is 16.3. The summed E-state index contributed by atoms with van der Waals surface area (Å²) in [4.78, 5) is 8.18. The third-order valence-corrected chi connectivity index (χ3v) is 2.97. The van der Waals surface area contributed by atoms with E-state index in [0.29, 0.717) is 0 Å². The van der Waals surface area contributed by atoms with Crippen molar-refractivity contribution in [2.45, 2.75) is 32.2 Å². The van der Waals surface area contributed by atoms with Crippen LogP contribution in [0.15, 0.2) is 12.4 Å². The predicted molar refractivity (Wildman–Crippen MR) is 65.6 cm³/mol. The topological polar surface area (TPSA) is 70.1 Å². The third kappa shape index (κ3) is 2.82. The van der Waals surface area contributed by atoms with Crippen molar-refractivity contribution in [3.8, 4) is 0 Å². The molecule has 5 heteroatoms. The van der Waals surface area contributed by atoms with E-state index in [0.717, 1.165) is 24.5 Å². The molecule has 1 heterocycles. The molecule has 90 valence electrons. The Kier molecular flexibility index (Phi) is 4.49. The van der Waals surface area contributed by atoms with Crippen LogP contribution < -0.4 is 10.6 Å². The minimum absolute atomic E-state index is 0.0961. The molecular formula is C11H20N4O. The second-order valence-electron chi connectivity index (χ2n) is 3.81. The Hall–Kier alpha value is -1.36. The summed E-state index contributed by atoms with van der Waals surface area (Å²) in [5.74, 6) is 1.49. The number of hydrogen-bond donors (Lipinski definition) is 3. The van der Waals surface area contributed by atoms with Crippen LogP contribution in [-0.2, 0) is 0 Å². The van der Waals surface area contributed by atoms with Gasteiger partial charge in [-0.1, -0.05) is 13.8 Å². The minimum Gasteiger partial charge on any atom is -0.394 e. The van der Waals surface area contributed by atoms with Crippen LogP contribution in [0.25, 0.3) is 0 Å². The number of anilines is 2. The maximum Gasteiger partial charge on any atom is 0.131 e. The highest BCUT2D eigenvalue weighted by Crippen LogP contribution is 2.21. The van der Waals surface area contributed by atoms with E-state index in [9.17, 15) is 5.11 Å². The van der Waals surface area contributed by atoms with Gasteiger partial charge in [0.05, 0.1) is 12.1 Å². The van der Waals surface area contributed by atoms with Crippen LogP contribution in [0.1, 0.15) is 26.7 Å². The Bertz CT molecular complexity index is 317. The molecule has 16 heavy (non-hydrogen) atoms. The lowest BCUT2D eigenvalue weighted by Crippen LogP contribution is -2.41. The van der Waals surface area contributed by atoms with E-state index in [1.165, 1.54) is 6.33 Å². The summed E-state index contributed by atoms with van der Waals surface area (Å²) < 4.78 is 0. The second-order valence-corrected chi connectivity index (χ2v) is 3.81. The summed E-state index contributed by atoms with van der Waals surface area (Å²) in [5.41, 5.74) is -0.292. The zero-order chi connectivity index (χ0) is 12.0. The fraction of sp³-hybridized carbons (Fsp3) is 0.636. The summed E-state index contributed by atoms with van der Waals surface area (Å²) in [7, 11) is 1.81. The minimum atomic E-state index is -0.292. The van der Waals surface area contributed by atoms with Gasteiger partial charge >= 0.3 is 0 Å². The van der Waals surface area contributed by atoms with Gasteiger partial charge in [-0.05, 0) is 12.8 Å². The van der Waals surface area contributed by atoms with Crippen molar-refractivity contribution in [3.63, 3.8) is 0 Å². The second kappa shape index (κ2) is 5.65. The number of rotatable bonds is 6. The van der Waals surface area contributed by atoms with E-state index in [1.54, 1.807) is 0 Å². The Morgan fingerprint density at radius 2 is 1.88 bits per heavy atom. The largest absolute Gasteiger partial charge is 0.394 e. The fourth-order valence-electron chi connectivity index (χ4n) is 1.52. The van der Waals surface area contributed by atoms with Crippen molar-refractivity contribution in [1.29, 1.82) is 0 Å². The van der Waals surface area contributed by atoms with E-state index >= 15 is 0 Å². The summed E-state index contributed by atoms with van der Waals surface area (Å²) in [6.07, 6.45) is 3.19. The van der Waals surface area contributed by atoms with Crippen LogP contribution in [-0.4, -0.2) is 34.3 Å². The molecule has 0 unspecified atom stereocenters. The maximum absolute atomic E-state index is 9.44. The first kappa shape index (κ1) is 12.7. The molecule has 0 amide bonds. The van der Waals surface area contributed by atoms with Crippen LogP contribution in [0.5, 0.6) is 0 Å². The number of nitrogens with one attached hydrogen (secondary N) is 2. The molecule has 0 aliphatic heterocycles. The van der Waals surface area contributed by atoms with Gasteiger partial charge in [-0.15, -0.1) is 0 Å². The van der Waals surface area contributed by atoms with Crippen LogP contribution in [0.4, 0.5) is 11.6 Å². The van der Waals surface area contributed by atoms with E-state index in [-0.39, 0.29) is 12.1 Å². The lowest BCUT2D eigenvalue weighted by Gasteiger charge is -2.31. The molecular weight excluding hydrogens is 204 g/mol. The van der Waals surface area contributed by atoms with Crippen molar-refractivity contribution in [2.75, 3.05) is 24.3 Å². The molecule has 0 spiro atoms. The van der Waals surface area contributed by atoms with Gasteiger partial charge in [-0.25, -0.2) is 9.97 Å². The normalized spacial score (nSPS) is 11.2. The number of aliphatic hydroxyl groups is 1. The molecule has 1 aromatic rings. The van der Waals surface area contributed by atoms with Crippen LogP contribution >= 0.6 is 0 Å². The van der Waals surface area contributed by atoms with Crippen molar-refractivity contribution < 1.29 is 5.11 Å². The third-order valence-electron chi connectivity index (χ3n) is 2.97. The average molecular weight is 224 g/mol. The highest BCUT2D eigenvalue weighted by molar-refractivity contribution is 5.47. The number of aliphatic hydroxyl groups excluding tert-OH is 1. The molecule has 0 saturated carbocycles. The van der Waals surface area contributed by atoms with E-state index in [2.05, 4.69) is 20.6 Å². The maximum atomic E-state index is 9.44. The monoisotopic (exact) mass is 224 g/mol. The molecule has 0 aliphatic carbocycles. The van der Waals surface area contributed by atoms with Crippen molar-refractivity contribution in [1.82, 2.24) is 9.97 Å². The number of nitrogens with zero attached hydrogens (tertiary/aromatic N) is 2. The van der Waals surface area contributed by atoms with Gasteiger partial charge in [0, 0.05) is 13.1 Å². The summed E-state index contributed by atoms with van der Waals surface area (Å²) in [6, 6.07) is 1.83. The molecule has 1 rings (SSSR count). The lowest BCUT2D eigenvalue weighted by atomic mass is 9.94. The van der Waals surface area contributed by atoms with Crippen molar-refractivity contribution in [2.24, 2.45) is 0 Å². The predicted octanol–water partition coefficient (Wildman–Crippen LogP) is 1.48. The molecule has 5 nitrogen and oxygen atoms in total. The molecule has 0 bridgehead atoms. The molecule has 1 aromatic heterocycles. The molecule has 0 fully saturated rings. The Morgan fingerprint density at radius 3 is 2.38 bits per heavy atom. The molecule has 0 aromatic carbocycles. The Balaban J connectivity index is 2.84. The van der Waals surface area contributed by atoms with Gasteiger partial charge in [0.2, 0.25) is 0 Å². The Morgan fingerprint density at radius 1 is 1.25 bits per heavy atom. The lowest BCUT2D eigenvalue weighted by molar-refractivity contribution is 0.202. The molecule has 3 N–H and O–H groups in total. The van der Waals surface area contributed by atoms with E-state index < -0.39 is 0 Å². The van der Waals surface area contributed by atoms with Gasteiger partial charge < -0.3 is 15.7 Å². The zero-order valence-corrected chi connectivity index (χ0v) is 10.1. The van der Waals surface area contributed by atoms with Crippen LogP contribution in [0, 0.1) is 0 Å². The summed E-state index contributed by atoms with van der Waals surface area (Å²) in [5, 5.41) is 15.7. The van der Waals surface area contributed by atoms with Crippen molar-refractivity contribution in [3.05, 3.63) is 12.4 Å². The van der Waals surface area contributed by atoms with Crippen LogP contribution in [0.2, 0.25) is 0 Å². The van der Waals surface area contributed by atoms with Gasteiger partial charge in [0.25, 0.3) is 0 Å².